The van der Waals surface area contributed by atoms with E-state index in [1.54, 1.807) is 0 Å². The third kappa shape index (κ3) is 5.50. The second kappa shape index (κ2) is 10.9. The van der Waals surface area contributed by atoms with Gasteiger partial charge in [0.2, 0.25) is 5.91 Å². The lowest BCUT2D eigenvalue weighted by atomic mass is 9.83. The molecule has 2 aromatic rings. The van der Waals surface area contributed by atoms with Gasteiger partial charge in [0.15, 0.2) is 0 Å². The Morgan fingerprint density at radius 2 is 1.49 bits per heavy atom. The molecule has 186 valence electrons. The third-order valence-corrected chi connectivity index (χ3v) is 7.25. The first-order valence-corrected chi connectivity index (χ1v) is 12.5. The average Bonchev–Trinajstić information content (AvgIpc) is 3.18. The van der Waals surface area contributed by atoms with Gasteiger partial charge in [-0.3, -0.25) is 4.79 Å². The van der Waals surface area contributed by atoms with Crippen molar-refractivity contribution in [2.45, 2.75) is 64.0 Å². The first-order valence-electron chi connectivity index (χ1n) is 12.5. The fraction of sp³-hybridized carbons (Fsp3) is 0.464. The molecule has 0 saturated heterocycles. The Hall–Kier alpha value is -3.35. The second-order valence-corrected chi connectivity index (χ2v) is 9.91. The maximum absolute atomic E-state index is 13.0. The molecule has 0 spiro atoms. The lowest BCUT2D eigenvalue weighted by Crippen LogP contribution is -2.55. The van der Waals surface area contributed by atoms with E-state index in [4.69, 9.17) is 4.74 Å². The summed E-state index contributed by atoms with van der Waals surface area (Å²) >= 11 is 0. The molecular formula is C28H34N2O5. The van der Waals surface area contributed by atoms with Gasteiger partial charge >= 0.3 is 12.1 Å². The summed E-state index contributed by atoms with van der Waals surface area (Å²) < 4.78 is 5.59. The fourth-order valence-electron chi connectivity index (χ4n) is 5.39. The standard InChI is InChI=1S/C28H34N2O5/c1-17(2)24(26(31)29-25(27(32)33)18-10-4-3-5-11-18)30-28(34)35-16-23-21-14-8-6-12-19(21)20-13-7-9-15-22(20)23/h6-9,12-15,17-18,23-25H,3-5,10-11,16H2,1-2H3,(H,29,31)(H,30,34)(H,32,33). The number of carbonyl (C=O) groups is 3. The van der Waals surface area contributed by atoms with Crippen LogP contribution in [0.15, 0.2) is 48.5 Å². The van der Waals surface area contributed by atoms with Crippen molar-refractivity contribution >= 4 is 18.0 Å². The number of alkyl carbamates (subject to hydrolysis) is 1. The lowest BCUT2D eigenvalue weighted by molar-refractivity contribution is -0.144. The largest absolute Gasteiger partial charge is 0.480 e. The molecule has 7 nitrogen and oxygen atoms in total. The molecule has 7 heteroatoms. The summed E-state index contributed by atoms with van der Waals surface area (Å²) in [7, 11) is 0. The summed E-state index contributed by atoms with van der Waals surface area (Å²) in [4.78, 5) is 37.6. The van der Waals surface area contributed by atoms with E-state index in [0.29, 0.717) is 0 Å². The minimum Gasteiger partial charge on any atom is -0.480 e. The number of fused-ring (bicyclic) bond motifs is 3. The SMILES string of the molecule is CC(C)C(NC(=O)OCC1c2ccccc2-c2ccccc21)C(=O)NC(C(=O)O)C1CCCCC1. The number of carbonyl (C=O) groups excluding carboxylic acids is 2. The van der Waals surface area contributed by atoms with Crippen molar-refractivity contribution in [2.24, 2.45) is 11.8 Å². The summed E-state index contributed by atoms with van der Waals surface area (Å²) in [5.74, 6) is -1.94. The monoisotopic (exact) mass is 478 g/mol. The molecule has 2 aliphatic rings. The zero-order valence-corrected chi connectivity index (χ0v) is 20.3. The average molecular weight is 479 g/mol. The van der Waals surface area contributed by atoms with Gasteiger partial charge in [0.1, 0.15) is 18.7 Å². The predicted octanol–water partition coefficient (Wildman–Crippen LogP) is 4.70. The Morgan fingerprint density at radius 3 is 2.03 bits per heavy atom. The topological polar surface area (TPSA) is 105 Å². The number of aliphatic carboxylic acids is 1. The van der Waals surface area contributed by atoms with Crippen molar-refractivity contribution in [3.05, 3.63) is 59.7 Å². The summed E-state index contributed by atoms with van der Waals surface area (Å²) in [6.07, 6.45) is 3.90. The van der Waals surface area contributed by atoms with Gasteiger partial charge in [-0.2, -0.15) is 0 Å². The first kappa shape index (κ1) is 24.8. The summed E-state index contributed by atoms with van der Waals surface area (Å²) in [6.45, 7) is 3.76. The molecule has 3 N–H and O–H groups in total. The molecule has 1 fully saturated rings. The van der Waals surface area contributed by atoms with Crippen LogP contribution in [-0.2, 0) is 14.3 Å². The first-order chi connectivity index (χ1) is 16.9. The predicted molar refractivity (Wildman–Crippen MR) is 133 cm³/mol. The molecule has 1 saturated carbocycles. The van der Waals surface area contributed by atoms with E-state index < -0.39 is 30.1 Å². The molecule has 2 unspecified atom stereocenters. The van der Waals surface area contributed by atoms with E-state index in [1.807, 2.05) is 50.2 Å². The van der Waals surface area contributed by atoms with Crippen LogP contribution in [0.1, 0.15) is 63.0 Å². The van der Waals surface area contributed by atoms with Crippen molar-refractivity contribution in [3.63, 3.8) is 0 Å². The van der Waals surface area contributed by atoms with Gasteiger partial charge < -0.3 is 20.5 Å². The number of hydrogen-bond acceptors (Lipinski definition) is 4. The van der Waals surface area contributed by atoms with Crippen LogP contribution < -0.4 is 10.6 Å². The highest BCUT2D eigenvalue weighted by Crippen LogP contribution is 2.44. The van der Waals surface area contributed by atoms with Gasteiger partial charge in [0, 0.05) is 5.92 Å². The van der Waals surface area contributed by atoms with E-state index in [1.165, 1.54) is 0 Å². The number of benzene rings is 2. The smallest absolute Gasteiger partial charge is 0.407 e. The number of hydrogen-bond donors (Lipinski definition) is 3. The van der Waals surface area contributed by atoms with Crippen LogP contribution in [0.5, 0.6) is 0 Å². The Labute approximate surface area is 206 Å². The van der Waals surface area contributed by atoms with Crippen molar-refractivity contribution in [3.8, 4) is 11.1 Å². The van der Waals surface area contributed by atoms with Crippen LogP contribution in [0, 0.1) is 11.8 Å². The Kier molecular flexibility index (Phi) is 7.73. The molecule has 4 rings (SSSR count). The van der Waals surface area contributed by atoms with E-state index in [9.17, 15) is 19.5 Å². The molecule has 0 radical (unpaired) electrons. The van der Waals surface area contributed by atoms with Crippen molar-refractivity contribution in [1.29, 1.82) is 0 Å². The van der Waals surface area contributed by atoms with Crippen molar-refractivity contribution < 1.29 is 24.2 Å². The van der Waals surface area contributed by atoms with Gasteiger partial charge in [-0.05, 0) is 46.9 Å². The Morgan fingerprint density at radius 1 is 0.914 bits per heavy atom. The lowest BCUT2D eigenvalue weighted by Gasteiger charge is -2.30. The molecule has 2 aliphatic carbocycles. The van der Waals surface area contributed by atoms with Crippen molar-refractivity contribution in [1.82, 2.24) is 10.6 Å². The highest BCUT2D eigenvalue weighted by Gasteiger charge is 2.35. The zero-order valence-electron chi connectivity index (χ0n) is 20.3. The molecule has 0 heterocycles. The number of rotatable bonds is 8. The van der Waals surface area contributed by atoms with Gasteiger partial charge in [-0.15, -0.1) is 0 Å². The zero-order chi connectivity index (χ0) is 24.9. The molecule has 2 atom stereocenters. The number of carboxylic acid groups (broad SMARTS) is 1. The number of nitrogens with one attached hydrogen (secondary N) is 2. The van der Waals surface area contributed by atoms with Crippen LogP contribution >= 0.6 is 0 Å². The van der Waals surface area contributed by atoms with E-state index >= 15 is 0 Å². The van der Waals surface area contributed by atoms with Crippen LogP contribution in [0.4, 0.5) is 4.79 Å². The number of amides is 2. The molecule has 2 amide bonds. The van der Waals surface area contributed by atoms with Gasteiger partial charge in [-0.1, -0.05) is 81.6 Å². The van der Waals surface area contributed by atoms with E-state index in [-0.39, 0.29) is 24.4 Å². The van der Waals surface area contributed by atoms with E-state index in [2.05, 4.69) is 22.8 Å². The molecule has 0 aromatic heterocycles. The number of carboxylic acids is 1. The quantitative estimate of drug-likeness (QED) is 0.510. The highest BCUT2D eigenvalue weighted by atomic mass is 16.5. The Bertz CT molecular complexity index is 1030. The molecule has 2 aromatic carbocycles. The maximum Gasteiger partial charge on any atom is 0.407 e. The molecule has 35 heavy (non-hydrogen) atoms. The van der Waals surface area contributed by atoms with Gasteiger partial charge in [-0.25, -0.2) is 9.59 Å². The summed E-state index contributed by atoms with van der Waals surface area (Å²) in [5, 5.41) is 15.1. The van der Waals surface area contributed by atoms with Crippen LogP contribution in [-0.4, -0.2) is 41.8 Å². The number of ether oxygens (including phenoxy) is 1. The minimum atomic E-state index is -1.03. The second-order valence-electron chi connectivity index (χ2n) is 9.91. The van der Waals surface area contributed by atoms with Gasteiger partial charge in [0.25, 0.3) is 0 Å². The molecule has 0 bridgehead atoms. The van der Waals surface area contributed by atoms with Gasteiger partial charge in [0.05, 0.1) is 0 Å². The normalized spacial score (nSPS) is 17.2. The van der Waals surface area contributed by atoms with Crippen LogP contribution in [0.3, 0.4) is 0 Å². The van der Waals surface area contributed by atoms with Crippen LogP contribution in [0.25, 0.3) is 11.1 Å². The van der Waals surface area contributed by atoms with Crippen molar-refractivity contribution in [2.75, 3.05) is 6.61 Å². The van der Waals surface area contributed by atoms with E-state index in [0.717, 1.165) is 54.4 Å². The summed E-state index contributed by atoms with van der Waals surface area (Å²) in [5.41, 5.74) is 4.49. The fourth-order valence-corrected chi connectivity index (χ4v) is 5.39. The third-order valence-electron chi connectivity index (χ3n) is 7.25. The minimum absolute atomic E-state index is 0.0813. The molecular weight excluding hydrogens is 444 g/mol. The molecule has 0 aliphatic heterocycles. The van der Waals surface area contributed by atoms with Crippen LogP contribution in [0.2, 0.25) is 0 Å². The maximum atomic E-state index is 13.0. The highest BCUT2D eigenvalue weighted by molar-refractivity contribution is 5.89. The Balaban J connectivity index is 1.39. The summed E-state index contributed by atoms with van der Waals surface area (Å²) in [6, 6.07) is 14.3.